The summed E-state index contributed by atoms with van der Waals surface area (Å²) in [7, 11) is 1.96. The van der Waals surface area contributed by atoms with Crippen molar-refractivity contribution in [2.75, 3.05) is 7.05 Å². The molecule has 18 heavy (non-hydrogen) atoms. The molecule has 2 aromatic carbocycles. The van der Waals surface area contributed by atoms with E-state index in [2.05, 4.69) is 43.4 Å². The van der Waals surface area contributed by atoms with Gasteiger partial charge in [-0.05, 0) is 38.1 Å². The predicted molar refractivity (Wildman–Crippen MR) is 78.3 cm³/mol. The Kier molecular flexibility index (Phi) is 4.05. The van der Waals surface area contributed by atoms with Crippen LogP contribution in [-0.4, -0.2) is 7.05 Å². The van der Waals surface area contributed by atoms with Gasteiger partial charge in [-0.15, -0.1) is 0 Å². The molecule has 1 N–H and O–H groups in total. The normalized spacial score (nSPS) is 12.4. The maximum atomic E-state index is 6.29. The lowest BCUT2D eigenvalue weighted by Crippen LogP contribution is -2.18. The fourth-order valence-electron chi connectivity index (χ4n) is 2.39. The van der Waals surface area contributed by atoms with Crippen LogP contribution in [-0.2, 0) is 0 Å². The highest BCUT2D eigenvalue weighted by Gasteiger charge is 2.15. The summed E-state index contributed by atoms with van der Waals surface area (Å²) in [4.78, 5) is 0. The second-order valence-electron chi connectivity index (χ2n) is 4.66. The van der Waals surface area contributed by atoms with Crippen LogP contribution in [0.2, 0.25) is 5.02 Å². The topological polar surface area (TPSA) is 12.0 Å². The molecule has 2 aromatic rings. The van der Waals surface area contributed by atoms with Crippen molar-refractivity contribution >= 4 is 11.6 Å². The van der Waals surface area contributed by atoms with Crippen molar-refractivity contribution in [2.45, 2.75) is 19.9 Å². The van der Waals surface area contributed by atoms with Gasteiger partial charge in [0.1, 0.15) is 0 Å². The minimum absolute atomic E-state index is 0.136. The molecule has 94 valence electrons. The molecule has 1 atom stereocenters. The van der Waals surface area contributed by atoms with Crippen LogP contribution < -0.4 is 5.32 Å². The van der Waals surface area contributed by atoms with E-state index in [9.17, 15) is 0 Å². The standard InChI is InChI=1S/C16H18ClN/c1-11-8-12(2)10-13(9-11)16(18-3)14-6-4-5-7-15(14)17/h4-10,16,18H,1-3H3. The zero-order valence-corrected chi connectivity index (χ0v) is 11.8. The summed E-state index contributed by atoms with van der Waals surface area (Å²) in [6.45, 7) is 4.24. The molecular formula is C16H18ClN. The van der Waals surface area contributed by atoms with Gasteiger partial charge in [-0.25, -0.2) is 0 Å². The Morgan fingerprint density at radius 3 is 2.17 bits per heavy atom. The molecule has 0 saturated heterocycles. The molecule has 0 saturated carbocycles. The predicted octanol–water partition coefficient (Wildman–Crippen LogP) is 4.27. The number of nitrogens with one attached hydrogen (secondary N) is 1. The first kappa shape index (κ1) is 13.1. The van der Waals surface area contributed by atoms with Gasteiger partial charge in [0.15, 0.2) is 0 Å². The molecule has 0 bridgehead atoms. The monoisotopic (exact) mass is 259 g/mol. The van der Waals surface area contributed by atoms with Gasteiger partial charge >= 0.3 is 0 Å². The van der Waals surface area contributed by atoms with Gasteiger partial charge in [0, 0.05) is 5.02 Å². The van der Waals surface area contributed by atoms with Crippen molar-refractivity contribution in [2.24, 2.45) is 0 Å². The van der Waals surface area contributed by atoms with Crippen LogP contribution in [0.4, 0.5) is 0 Å². The van der Waals surface area contributed by atoms with E-state index in [4.69, 9.17) is 11.6 Å². The van der Waals surface area contributed by atoms with Crippen molar-refractivity contribution < 1.29 is 0 Å². The van der Waals surface area contributed by atoms with Gasteiger partial charge in [0.25, 0.3) is 0 Å². The number of aryl methyl sites for hydroxylation is 2. The Balaban J connectivity index is 2.48. The van der Waals surface area contributed by atoms with Gasteiger partial charge in [-0.1, -0.05) is 59.1 Å². The average molecular weight is 260 g/mol. The van der Waals surface area contributed by atoms with E-state index < -0.39 is 0 Å². The van der Waals surface area contributed by atoms with Gasteiger partial charge in [-0.2, -0.15) is 0 Å². The van der Waals surface area contributed by atoms with Crippen LogP contribution in [0.15, 0.2) is 42.5 Å². The van der Waals surface area contributed by atoms with Crippen LogP contribution in [0.3, 0.4) is 0 Å². The minimum Gasteiger partial charge on any atom is -0.309 e. The van der Waals surface area contributed by atoms with E-state index in [0.29, 0.717) is 0 Å². The molecular weight excluding hydrogens is 242 g/mol. The first-order chi connectivity index (χ1) is 8.61. The Morgan fingerprint density at radius 2 is 1.61 bits per heavy atom. The van der Waals surface area contributed by atoms with Crippen molar-refractivity contribution in [3.05, 3.63) is 69.7 Å². The van der Waals surface area contributed by atoms with Crippen LogP contribution in [0, 0.1) is 13.8 Å². The molecule has 0 aromatic heterocycles. The molecule has 0 amide bonds. The number of hydrogen-bond donors (Lipinski definition) is 1. The second-order valence-corrected chi connectivity index (χ2v) is 5.07. The van der Waals surface area contributed by atoms with E-state index in [1.165, 1.54) is 16.7 Å². The lowest BCUT2D eigenvalue weighted by molar-refractivity contribution is 0.691. The van der Waals surface area contributed by atoms with E-state index >= 15 is 0 Å². The van der Waals surface area contributed by atoms with Crippen LogP contribution in [0.1, 0.15) is 28.3 Å². The van der Waals surface area contributed by atoms with Crippen molar-refractivity contribution in [1.29, 1.82) is 0 Å². The summed E-state index contributed by atoms with van der Waals surface area (Å²) in [6, 6.07) is 14.7. The van der Waals surface area contributed by atoms with Gasteiger partial charge in [0.05, 0.1) is 6.04 Å². The molecule has 2 rings (SSSR count). The Bertz CT molecular complexity index is 528. The van der Waals surface area contributed by atoms with Gasteiger partial charge in [-0.3, -0.25) is 0 Å². The van der Waals surface area contributed by atoms with E-state index in [-0.39, 0.29) is 6.04 Å². The lowest BCUT2D eigenvalue weighted by atomic mass is 9.96. The van der Waals surface area contributed by atoms with Gasteiger partial charge in [0.2, 0.25) is 0 Å². The number of benzene rings is 2. The Hall–Kier alpha value is -1.31. The number of hydrogen-bond acceptors (Lipinski definition) is 1. The summed E-state index contributed by atoms with van der Waals surface area (Å²) in [5.74, 6) is 0. The third-order valence-corrected chi connectivity index (χ3v) is 3.43. The summed E-state index contributed by atoms with van der Waals surface area (Å²) < 4.78 is 0. The minimum atomic E-state index is 0.136. The summed E-state index contributed by atoms with van der Waals surface area (Å²) in [5.41, 5.74) is 4.92. The van der Waals surface area contributed by atoms with Crippen LogP contribution >= 0.6 is 11.6 Å². The highest BCUT2D eigenvalue weighted by molar-refractivity contribution is 6.31. The second kappa shape index (κ2) is 5.55. The maximum absolute atomic E-state index is 6.29. The molecule has 0 aliphatic heterocycles. The first-order valence-electron chi connectivity index (χ1n) is 6.11. The average Bonchev–Trinajstić information content (AvgIpc) is 2.31. The Morgan fingerprint density at radius 1 is 1.00 bits per heavy atom. The summed E-state index contributed by atoms with van der Waals surface area (Å²) in [5, 5.41) is 4.15. The van der Waals surface area contributed by atoms with E-state index in [1.807, 2.05) is 25.2 Å². The SMILES string of the molecule is CNC(c1cc(C)cc(C)c1)c1ccccc1Cl. The lowest BCUT2D eigenvalue weighted by Gasteiger charge is -2.19. The fourth-order valence-corrected chi connectivity index (χ4v) is 2.63. The zero-order valence-electron chi connectivity index (χ0n) is 11.0. The smallest absolute Gasteiger partial charge is 0.0589 e. The maximum Gasteiger partial charge on any atom is 0.0589 e. The Labute approximate surface area is 114 Å². The van der Waals surface area contributed by atoms with Gasteiger partial charge < -0.3 is 5.32 Å². The summed E-state index contributed by atoms with van der Waals surface area (Å²) in [6.07, 6.45) is 0. The molecule has 1 nitrogen and oxygen atoms in total. The highest BCUT2D eigenvalue weighted by Crippen LogP contribution is 2.28. The van der Waals surface area contributed by atoms with Crippen LogP contribution in [0.25, 0.3) is 0 Å². The van der Waals surface area contributed by atoms with Crippen molar-refractivity contribution in [1.82, 2.24) is 5.32 Å². The van der Waals surface area contributed by atoms with E-state index in [1.54, 1.807) is 0 Å². The molecule has 1 unspecified atom stereocenters. The first-order valence-corrected chi connectivity index (χ1v) is 6.49. The molecule has 0 radical (unpaired) electrons. The highest BCUT2D eigenvalue weighted by atomic mass is 35.5. The molecule has 2 heteroatoms. The quantitative estimate of drug-likeness (QED) is 0.868. The van der Waals surface area contributed by atoms with E-state index in [0.717, 1.165) is 10.6 Å². The molecule has 0 aliphatic rings. The summed E-state index contributed by atoms with van der Waals surface area (Å²) >= 11 is 6.29. The third kappa shape index (κ3) is 2.74. The fraction of sp³-hybridized carbons (Fsp3) is 0.250. The number of halogens is 1. The van der Waals surface area contributed by atoms with Crippen LogP contribution in [0.5, 0.6) is 0 Å². The van der Waals surface area contributed by atoms with Crippen molar-refractivity contribution in [3.8, 4) is 0 Å². The third-order valence-electron chi connectivity index (χ3n) is 3.08. The number of rotatable bonds is 3. The van der Waals surface area contributed by atoms with Crippen molar-refractivity contribution in [3.63, 3.8) is 0 Å². The molecule has 0 heterocycles. The molecule has 0 fully saturated rings. The zero-order chi connectivity index (χ0) is 13.1. The largest absolute Gasteiger partial charge is 0.309 e. The molecule has 0 aliphatic carbocycles. The molecule has 0 spiro atoms.